The fourth-order valence-electron chi connectivity index (χ4n) is 10.2. The molecule has 30 heteroatoms. The normalized spacial score (nSPS) is 12.9. The molecule has 1 atom stereocenters. The molecule has 2 aliphatic rings. The molecule has 7 aromatic heterocycles. The lowest BCUT2D eigenvalue weighted by Gasteiger charge is -2.17. The van der Waals surface area contributed by atoms with Gasteiger partial charge in [0.25, 0.3) is 11.4 Å². The van der Waals surface area contributed by atoms with Crippen molar-refractivity contribution in [3.05, 3.63) is 290 Å². The number of nitrogens with zero attached hydrogens (tertiary/aromatic N) is 15. The third-order valence-electron chi connectivity index (χ3n) is 15.3. The van der Waals surface area contributed by atoms with Gasteiger partial charge in [0.05, 0.1) is 68.2 Å². The zero-order valence-corrected chi connectivity index (χ0v) is 51.9. The number of hydrogen-bond acceptors (Lipinski definition) is 20. The molecule has 0 saturated carbocycles. The minimum absolute atomic E-state index is 0.0195. The van der Waals surface area contributed by atoms with Crippen molar-refractivity contribution in [1.82, 2.24) is 59.2 Å². The number of aromatic nitrogens is 10. The molecule has 0 bridgehead atoms. The Balaban J connectivity index is 0.000000145. The van der Waals surface area contributed by atoms with Gasteiger partial charge in [-0.15, -0.1) is 0 Å². The second-order valence-corrected chi connectivity index (χ2v) is 21.9. The van der Waals surface area contributed by atoms with Crippen LogP contribution in [-0.2, 0) is 28.9 Å². The van der Waals surface area contributed by atoms with Gasteiger partial charge < -0.3 is 21.3 Å². The number of halogens is 4. The number of carbonyl (C=O) groups is 3. The number of anilines is 2. The van der Waals surface area contributed by atoms with Crippen LogP contribution in [0.3, 0.4) is 0 Å². The molecule has 1 unspecified atom stereocenters. The van der Waals surface area contributed by atoms with Crippen molar-refractivity contribution in [2.45, 2.75) is 31.6 Å². The summed E-state index contributed by atoms with van der Waals surface area (Å²) in [5.41, 5.74) is 17.3. The molecule has 11 aromatic rings. The first kappa shape index (κ1) is 68.6. The van der Waals surface area contributed by atoms with Crippen LogP contribution in [0.5, 0.6) is 0 Å². The van der Waals surface area contributed by atoms with Crippen LogP contribution in [0.1, 0.15) is 45.9 Å². The van der Waals surface area contributed by atoms with E-state index >= 15 is 0 Å². The van der Waals surface area contributed by atoms with Gasteiger partial charge in [0.1, 0.15) is 46.8 Å². The lowest BCUT2D eigenvalue weighted by Crippen LogP contribution is -2.30. The minimum atomic E-state index is -0.600. The van der Waals surface area contributed by atoms with E-state index in [1.54, 1.807) is 66.1 Å². The number of likely N-dealkylation sites (tertiary alicyclic amines) is 1. The number of pyridine rings is 4. The van der Waals surface area contributed by atoms with E-state index in [4.69, 9.17) is 11.5 Å². The summed E-state index contributed by atoms with van der Waals surface area (Å²) in [5, 5.41) is 33.1. The average molecular weight is 1340 g/mol. The number of nitrogens with two attached hydrogens (primary N) is 2. The van der Waals surface area contributed by atoms with Crippen LogP contribution in [0, 0.1) is 53.6 Å². The molecule has 9 heterocycles. The average Bonchev–Trinajstić information content (AvgIpc) is 1.71. The highest BCUT2D eigenvalue weighted by Crippen LogP contribution is 2.30. The van der Waals surface area contributed by atoms with Crippen LogP contribution in [0.2, 0.25) is 0 Å². The van der Waals surface area contributed by atoms with Crippen LogP contribution in [0.4, 0.5) is 46.1 Å². The van der Waals surface area contributed by atoms with Crippen LogP contribution in [0.25, 0.3) is 50.6 Å². The third-order valence-corrected chi connectivity index (χ3v) is 15.3. The van der Waals surface area contributed by atoms with Crippen LogP contribution in [0.15, 0.2) is 207 Å². The van der Waals surface area contributed by atoms with Gasteiger partial charge in [-0.3, -0.25) is 54.3 Å². The van der Waals surface area contributed by atoms with Crippen molar-refractivity contribution in [3.63, 3.8) is 0 Å². The molecule has 1 fully saturated rings. The Labute approximate surface area is 559 Å². The predicted molar refractivity (Wildman–Crippen MR) is 354 cm³/mol. The summed E-state index contributed by atoms with van der Waals surface area (Å²) in [6.07, 6.45) is 13.3. The van der Waals surface area contributed by atoms with Gasteiger partial charge in [0.15, 0.2) is 5.82 Å². The first-order valence-corrected chi connectivity index (χ1v) is 30.0. The maximum absolute atomic E-state index is 13.2. The number of amides is 2. The number of benzene rings is 4. The molecular formula is C69H55F4N17O9. The first-order chi connectivity index (χ1) is 47.7. The van der Waals surface area contributed by atoms with E-state index in [1.165, 1.54) is 145 Å². The van der Waals surface area contributed by atoms with E-state index < -0.39 is 26.4 Å². The number of nitrogen functional groups attached to an aromatic ring is 2. The molecule has 2 aliphatic heterocycles. The maximum Gasteiger partial charge on any atom is 0.311 e. The van der Waals surface area contributed by atoms with Crippen molar-refractivity contribution in [2.24, 2.45) is 0 Å². The van der Waals surface area contributed by atoms with Gasteiger partial charge in [0.2, 0.25) is 23.5 Å². The summed E-state index contributed by atoms with van der Waals surface area (Å²) in [5.74, 6) is -0.824. The van der Waals surface area contributed by atoms with E-state index in [2.05, 4.69) is 44.9 Å². The molecule has 99 heavy (non-hydrogen) atoms. The van der Waals surface area contributed by atoms with Crippen LogP contribution >= 0.6 is 0 Å². The topological polar surface area (TPSA) is 360 Å². The summed E-state index contributed by atoms with van der Waals surface area (Å²) in [7, 11) is 0. The summed E-state index contributed by atoms with van der Waals surface area (Å²) in [6, 6.07) is 38.3. The molecule has 2 amide bonds. The maximum atomic E-state index is 13.2. The second kappa shape index (κ2) is 31.8. The summed E-state index contributed by atoms with van der Waals surface area (Å²) in [4.78, 5) is 110. The molecule has 0 aliphatic carbocycles. The van der Waals surface area contributed by atoms with Crippen molar-refractivity contribution in [1.29, 1.82) is 0 Å². The minimum Gasteiger partial charge on any atom is -0.397 e. The number of hydrogen-bond donors (Lipinski definition) is 2. The molecule has 13 rings (SSSR count). The lowest BCUT2D eigenvalue weighted by molar-refractivity contribution is -0.386. The highest BCUT2D eigenvalue weighted by molar-refractivity contribution is 5.84. The fraction of sp³-hybridized carbons (Fsp3) is 0.130. The SMILES string of the molecule is Nc1ccc(-c2ccc(F)cc2)nc1CC(=O)N1CCC(c2ncccn2)C1.Nc1nc(-c2ccc(F)cc2)ccc1[N+](=O)[O-].O=C(Cc1nc(-c2ccc(F)cc2)ccc1[N+](=O)[O-])N1CC=C(c2ncccn2)C1.O=C(Cc1nc(-c2ccc(F)cc2)ccc1[N+](=O)[O-])n1ccnc1. The molecule has 1 saturated heterocycles. The van der Waals surface area contributed by atoms with Crippen LogP contribution < -0.4 is 11.5 Å². The second-order valence-electron chi connectivity index (χ2n) is 21.9. The molecule has 26 nitrogen and oxygen atoms in total. The van der Waals surface area contributed by atoms with Crippen molar-refractivity contribution in [2.75, 3.05) is 37.6 Å². The Morgan fingerprint density at radius 3 is 1.35 bits per heavy atom. The fourth-order valence-corrected chi connectivity index (χ4v) is 10.2. The summed E-state index contributed by atoms with van der Waals surface area (Å²) >= 11 is 0. The Kier molecular flexibility index (Phi) is 22.0. The van der Waals surface area contributed by atoms with Gasteiger partial charge in [-0.05, 0) is 146 Å². The van der Waals surface area contributed by atoms with Crippen molar-refractivity contribution >= 4 is 51.9 Å². The summed E-state index contributed by atoms with van der Waals surface area (Å²) < 4.78 is 53.3. The molecule has 498 valence electrons. The molecule has 0 spiro atoms. The Morgan fingerprint density at radius 2 is 0.899 bits per heavy atom. The van der Waals surface area contributed by atoms with Gasteiger partial charge in [-0.2, -0.15) is 0 Å². The number of nitro groups is 3. The van der Waals surface area contributed by atoms with Gasteiger partial charge in [0, 0.05) is 115 Å². The van der Waals surface area contributed by atoms with Gasteiger partial charge >= 0.3 is 5.69 Å². The number of imidazole rings is 1. The highest BCUT2D eigenvalue weighted by Gasteiger charge is 2.30. The summed E-state index contributed by atoms with van der Waals surface area (Å²) in [6.45, 7) is 1.96. The van der Waals surface area contributed by atoms with Crippen LogP contribution in [-0.4, -0.2) is 118 Å². The molecule has 4 N–H and O–H groups in total. The first-order valence-electron chi connectivity index (χ1n) is 30.0. The van der Waals surface area contributed by atoms with E-state index in [-0.39, 0.29) is 88.8 Å². The van der Waals surface area contributed by atoms with Crippen molar-refractivity contribution in [3.8, 4) is 45.0 Å². The lowest BCUT2D eigenvalue weighted by atomic mass is 10.1. The van der Waals surface area contributed by atoms with Crippen molar-refractivity contribution < 1.29 is 46.7 Å². The molecular weight excluding hydrogens is 1290 g/mol. The number of carbonyl (C=O) groups excluding carboxylic acids is 3. The van der Waals surface area contributed by atoms with Gasteiger partial charge in [-0.1, -0.05) is 6.08 Å². The predicted octanol–water partition coefficient (Wildman–Crippen LogP) is 11.1. The van der Waals surface area contributed by atoms with E-state index in [9.17, 15) is 62.3 Å². The zero-order chi connectivity index (χ0) is 70.1. The Bertz CT molecular complexity index is 4760. The zero-order valence-electron chi connectivity index (χ0n) is 51.9. The Morgan fingerprint density at radius 1 is 0.485 bits per heavy atom. The third kappa shape index (κ3) is 17.9. The number of rotatable bonds is 15. The molecule has 4 aromatic carbocycles. The van der Waals surface area contributed by atoms with E-state index in [0.29, 0.717) is 82.9 Å². The Hall–Kier alpha value is -13.3. The standard InChI is InChI=1S/C21H16FN5O3.C21H20FN5O.C16H11FN4O3.C11H8FN3O2/c22-16-4-2-14(3-5-16)17-6-7-19(27(29)30)18(25-17)12-20(28)26-11-8-15(13-26)21-23-9-1-10-24-21;22-16-4-2-14(3-5-16)18-7-6-17(23)19(26-18)12-20(28)27-11-8-15(13-27)21-24-9-1-10-25-21;17-12-3-1-11(2-4-12)13-5-6-15(21(23)24)14(19-13)9-16(22)20-8-7-18-10-20;12-8-3-1-7(2-4-8)9-5-6-10(15(16)17)11(13)14-9/h1-10H,11-13H2;1-7,9-10,15H,8,11-13,23H2;1-8,10H,9H2;1-6H,(H2,13,14). The quantitative estimate of drug-likeness (QED) is 0.0547. The van der Waals surface area contributed by atoms with Gasteiger partial charge in [-0.25, -0.2) is 57.4 Å². The smallest absolute Gasteiger partial charge is 0.311 e. The molecule has 0 radical (unpaired) electrons. The highest BCUT2D eigenvalue weighted by atomic mass is 19.1. The monoisotopic (exact) mass is 1340 g/mol. The largest absolute Gasteiger partial charge is 0.397 e. The van der Waals surface area contributed by atoms with E-state index in [0.717, 1.165) is 23.4 Å². The van der Waals surface area contributed by atoms with E-state index in [1.807, 2.05) is 11.0 Å².